The van der Waals surface area contributed by atoms with Crippen molar-refractivity contribution in [2.75, 3.05) is 19.6 Å². The molecule has 1 N–H and O–H groups in total. The second-order valence-electron chi connectivity index (χ2n) is 5.82. The summed E-state index contributed by atoms with van der Waals surface area (Å²) in [6, 6.07) is 8.70. The normalized spacial score (nSPS) is 17.5. The molecule has 2 rings (SSSR count). The molecule has 1 heterocycles. The molecule has 1 aliphatic rings. The van der Waals surface area contributed by atoms with E-state index in [1.54, 1.807) is 0 Å². The number of hydrogen-bond donors (Lipinski definition) is 1. The summed E-state index contributed by atoms with van der Waals surface area (Å²) in [7, 11) is 0. The number of carbonyl (C=O) groups is 1. The maximum absolute atomic E-state index is 12.6. The maximum atomic E-state index is 12.6. The average Bonchev–Trinajstić information content (AvgIpc) is 2.49. The molecule has 1 fully saturated rings. The molecule has 3 nitrogen and oxygen atoms in total. The van der Waals surface area contributed by atoms with Gasteiger partial charge in [-0.2, -0.15) is 0 Å². The highest BCUT2D eigenvalue weighted by molar-refractivity contribution is 9.10. The van der Waals surface area contributed by atoms with Crippen LogP contribution in [0.15, 0.2) is 28.7 Å². The molecule has 1 aromatic rings. The molecule has 0 spiro atoms. The second-order valence-corrected chi connectivity index (χ2v) is 6.73. The summed E-state index contributed by atoms with van der Waals surface area (Å²) in [5.74, 6) is 0.557. The summed E-state index contributed by atoms with van der Waals surface area (Å²) in [4.78, 5) is 14.7. The van der Waals surface area contributed by atoms with Crippen molar-refractivity contribution in [3.63, 3.8) is 0 Å². The lowest BCUT2D eigenvalue weighted by molar-refractivity contribution is -0.134. The number of carbonyl (C=O) groups excluding carboxylic acids is 1. The van der Waals surface area contributed by atoms with Crippen molar-refractivity contribution in [3.05, 3.63) is 34.3 Å². The van der Waals surface area contributed by atoms with Crippen LogP contribution in [0.5, 0.6) is 0 Å². The van der Waals surface area contributed by atoms with Gasteiger partial charge in [0.05, 0.1) is 0 Å². The molecule has 1 saturated heterocycles. The van der Waals surface area contributed by atoms with Crippen molar-refractivity contribution in [1.82, 2.24) is 10.2 Å². The summed E-state index contributed by atoms with van der Waals surface area (Å²) >= 11 is 3.45. The van der Waals surface area contributed by atoms with Gasteiger partial charge < -0.3 is 10.2 Å². The fourth-order valence-corrected chi connectivity index (χ4v) is 3.31. The van der Waals surface area contributed by atoms with Crippen LogP contribution < -0.4 is 5.32 Å². The van der Waals surface area contributed by atoms with Gasteiger partial charge in [-0.3, -0.25) is 4.79 Å². The largest absolute Gasteiger partial charge is 0.340 e. The molecule has 0 saturated carbocycles. The van der Waals surface area contributed by atoms with Crippen molar-refractivity contribution in [1.29, 1.82) is 0 Å². The average molecular weight is 353 g/mol. The molecule has 0 radical (unpaired) electrons. The third-order valence-electron chi connectivity index (χ3n) is 4.33. The predicted octanol–water partition coefficient (Wildman–Crippen LogP) is 3.54. The number of hydrogen-bond acceptors (Lipinski definition) is 2. The first-order valence-corrected chi connectivity index (χ1v) is 8.66. The Morgan fingerprint density at radius 2 is 1.95 bits per heavy atom. The Morgan fingerprint density at radius 3 is 2.52 bits per heavy atom. The maximum Gasteiger partial charge on any atom is 0.223 e. The Hall–Kier alpha value is -0.870. The Labute approximate surface area is 136 Å². The van der Waals surface area contributed by atoms with E-state index in [9.17, 15) is 4.79 Å². The molecular formula is C17H25BrN2O. The molecule has 0 aromatic heterocycles. The molecule has 0 aliphatic carbocycles. The number of nitrogens with one attached hydrogen (secondary N) is 1. The van der Waals surface area contributed by atoms with Gasteiger partial charge in [-0.1, -0.05) is 35.0 Å². The van der Waals surface area contributed by atoms with Crippen LogP contribution in [0.1, 0.15) is 44.6 Å². The number of piperidine rings is 1. The van der Waals surface area contributed by atoms with E-state index in [0.717, 1.165) is 36.9 Å². The first-order valence-electron chi connectivity index (χ1n) is 7.87. The van der Waals surface area contributed by atoms with Crippen LogP contribution >= 0.6 is 15.9 Å². The van der Waals surface area contributed by atoms with Gasteiger partial charge in [0, 0.05) is 23.5 Å². The summed E-state index contributed by atoms with van der Waals surface area (Å²) in [6.45, 7) is 7.09. The highest BCUT2D eigenvalue weighted by atomic mass is 79.9. The molecule has 1 unspecified atom stereocenters. The first kappa shape index (κ1) is 16.5. The van der Waals surface area contributed by atoms with E-state index in [4.69, 9.17) is 0 Å². The van der Waals surface area contributed by atoms with Gasteiger partial charge >= 0.3 is 0 Å². The van der Waals surface area contributed by atoms with E-state index in [0.29, 0.717) is 18.4 Å². The monoisotopic (exact) mass is 352 g/mol. The van der Waals surface area contributed by atoms with E-state index in [2.05, 4.69) is 52.1 Å². The van der Waals surface area contributed by atoms with Crippen LogP contribution in [-0.2, 0) is 4.79 Å². The minimum absolute atomic E-state index is 0.265. The lowest BCUT2D eigenvalue weighted by Crippen LogP contribution is -2.46. The van der Waals surface area contributed by atoms with Crippen molar-refractivity contribution in [3.8, 4) is 0 Å². The van der Waals surface area contributed by atoms with Crippen LogP contribution in [0.25, 0.3) is 0 Å². The predicted molar refractivity (Wildman–Crippen MR) is 90.5 cm³/mol. The minimum atomic E-state index is 0.265. The Kier molecular flexibility index (Phi) is 6.24. The number of halogens is 1. The van der Waals surface area contributed by atoms with Crippen molar-refractivity contribution < 1.29 is 4.79 Å². The molecule has 1 aromatic carbocycles. The highest BCUT2D eigenvalue weighted by Crippen LogP contribution is 2.23. The standard InChI is InChI=1S/C17H25BrN2O/c1-3-20(16-8-10-19-11-9-16)17(21)12-13(2)14-4-6-15(18)7-5-14/h4-7,13,16,19H,3,8-12H2,1-2H3. The summed E-state index contributed by atoms with van der Waals surface area (Å²) in [6.07, 6.45) is 2.75. The van der Waals surface area contributed by atoms with E-state index in [1.165, 1.54) is 5.56 Å². The first-order chi connectivity index (χ1) is 10.1. The van der Waals surface area contributed by atoms with E-state index in [1.807, 2.05) is 12.1 Å². The zero-order valence-electron chi connectivity index (χ0n) is 12.9. The lowest BCUT2D eigenvalue weighted by atomic mass is 9.96. The van der Waals surface area contributed by atoms with E-state index in [-0.39, 0.29) is 5.92 Å². The van der Waals surface area contributed by atoms with Crippen LogP contribution in [0.2, 0.25) is 0 Å². The zero-order chi connectivity index (χ0) is 15.2. The zero-order valence-corrected chi connectivity index (χ0v) is 14.5. The van der Waals surface area contributed by atoms with Crippen molar-refractivity contribution >= 4 is 21.8 Å². The third-order valence-corrected chi connectivity index (χ3v) is 4.86. The fraction of sp³-hybridized carbons (Fsp3) is 0.588. The van der Waals surface area contributed by atoms with Gasteiger partial charge in [0.15, 0.2) is 0 Å². The topological polar surface area (TPSA) is 32.3 Å². The smallest absolute Gasteiger partial charge is 0.223 e. The molecule has 1 atom stereocenters. The van der Waals surface area contributed by atoms with E-state index < -0.39 is 0 Å². The summed E-state index contributed by atoms with van der Waals surface area (Å²) in [5.41, 5.74) is 1.23. The van der Waals surface area contributed by atoms with Crippen LogP contribution in [-0.4, -0.2) is 36.5 Å². The van der Waals surface area contributed by atoms with Crippen molar-refractivity contribution in [2.24, 2.45) is 0 Å². The molecule has 0 bridgehead atoms. The lowest BCUT2D eigenvalue weighted by Gasteiger charge is -2.34. The Balaban J connectivity index is 1.96. The van der Waals surface area contributed by atoms with Gasteiger partial charge in [0.25, 0.3) is 0 Å². The van der Waals surface area contributed by atoms with Crippen LogP contribution in [0.3, 0.4) is 0 Å². The SMILES string of the molecule is CCN(C(=O)CC(C)c1ccc(Br)cc1)C1CCNCC1. The van der Waals surface area contributed by atoms with Crippen LogP contribution in [0.4, 0.5) is 0 Å². The Morgan fingerprint density at radius 1 is 1.33 bits per heavy atom. The molecule has 1 amide bonds. The molecule has 1 aliphatic heterocycles. The van der Waals surface area contributed by atoms with Gasteiger partial charge in [-0.15, -0.1) is 0 Å². The van der Waals surface area contributed by atoms with Gasteiger partial charge in [-0.05, 0) is 56.5 Å². The third kappa shape index (κ3) is 4.55. The van der Waals surface area contributed by atoms with Crippen molar-refractivity contribution in [2.45, 2.75) is 45.1 Å². The molecule has 4 heteroatoms. The quantitative estimate of drug-likeness (QED) is 0.878. The summed E-state index contributed by atoms with van der Waals surface area (Å²) in [5, 5.41) is 3.36. The molecule has 21 heavy (non-hydrogen) atoms. The van der Waals surface area contributed by atoms with Gasteiger partial charge in [0.1, 0.15) is 0 Å². The van der Waals surface area contributed by atoms with Gasteiger partial charge in [-0.25, -0.2) is 0 Å². The molecule has 116 valence electrons. The van der Waals surface area contributed by atoms with E-state index >= 15 is 0 Å². The number of nitrogens with zero attached hydrogens (tertiary/aromatic N) is 1. The number of benzene rings is 1. The van der Waals surface area contributed by atoms with Crippen LogP contribution in [0, 0.1) is 0 Å². The second kappa shape index (κ2) is 7.95. The fourth-order valence-electron chi connectivity index (χ4n) is 3.04. The number of rotatable bonds is 5. The highest BCUT2D eigenvalue weighted by Gasteiger charge is 2.25. The minimum Gasteiger partial charge on any atom is -0.340 e. The number of amides is 1. The summed E-state index contributed by atoms with van der Waals surface area (Å²) < 4.78 is 1.08. The van der Waals surface area contributed by atoms with Gasteiger partial charge in [0.2, 0.25) is 5.91 Å². The molecular weight excluding hydrogens is 328 g/mol. The Bertz CT molecular complexity index is 454.